The largest absolute Gasteiger partial charge is 0.312 e. The lowest BCUT2D eigenvalue weighted by atomic mass is 10.5. The Morgan fingerprint density at radius 3 is 2.90 bits per heavy atom. The summed E-state index contributed by atoms with van der Waals surface area (Å²) in [5.41, 5.74) is 0. The minimum absolute atomic E-state index is 0.194. The smallest absolute Gasteiger partial charge is 0.243 e. The summed E-state index contributed by atoms with van der Waals surface area (Å²) in [7, 11) is -1.66. The molecule has 0 amide bonds. The monoisotopic (exact) mass is 330 g/mol. The predicted molar refractivity (Wildman–Crippen MR) is 79.4 cm³/mol. The predicted octanol–water partition coefficient (Wildman–Crippen LogP) is 0.492. The van der Waals surface area contributed by atoms with E-state index in [0.717, 1.165) is 11.6 Å². The number of rotatable bonds is 8. The minimum Gasteiger partial charge on any atom is -0.312 e. The van der Waals surface area contributed by atoms with Crippen LogP contribution in [0.3, 0.4) is 0 Å². The Kier molecular flexibility index (Phi) is 5.37. The molecule has 0 aliphatic heterocycles. The molecule has 0 atom stereocenters. The van der Waals surface area contributed by atoms with E-state index in [1.54, 1.807) is 21.8 Å². The number of thioether (sulfide) groups is 1. The Morgan fingerprint density at radius 1 is 1.43 bits per heavy atom. The fourth-order valence-corrected chi connectivity index (χ4v) is 3.50. The molecule has 116 valence electrons. The second-order valence-corrected chi connectivity index (χ2v) is 7.24. The van der Waals surface area contributed by atoms with Crippen molar-refractivity contribution in [2.75, 3.05) is 12.3 Å². The van der Waals surface area contributed by atoms with Crippen molar-refractivity contribution in [1.82, 2.24) is 29.3 Å². The van der Waals surface area contributed by atoms with E-state index in [2.05, 4.69) is 20.0 Å². The molecular weight excluding hydrogens is 312 g/mol. The minimum atomic E-state index is -3.50. The zero-order valence-corrected chi connectivity index (χ0v) is 13.6. The van der Waals surface area contributed by atoms with Crippen molar-refractivity contribution in [3.63, 3.8) is 0 Å². The molecule has 0 spiro atoms. The van der Waals surface area contributed by atoms with Gasteiger partial charge in [0.05, 0.1) is 6.20 Å². The summed E-state index contributed by atoms with van der Waals surface area (Å²) < 4.78 is 30.1. The van der Waals surface area contributed by atoms with Gasteiger partial charge in [0.25, 0.3) is 0 Å². The Bertz CT molecular complexity index is 678. The number of aromatic nitrogens is 5. The second-order valence-electron chi connectivity index (χ2n) is 4.41. The van der Waals surface area contributed by atoms with Crippen molar-refractivity contribution in [3.8, 4) is 0 Å². The lowest BCUT2D eigenvalue weighted by Crippen LogP contribution is -2.25. The van der Waals surface area contributed by atoms with Crippen LogP contribution >= 0.6 is 11.8 Å². The van der Waals surface area contributed by atoms with E-state index < -0.39 is 10.0 Å². The molecule has 8 nitrogen and oxygen atoms in total. The van der Waals surface area contributed by atoms with Gasteiger partial charge in [0.15, 0.2) is 5.16 Å². The maximum absolute atomic E-state index is 12.1. The first-order valence-electron chi connectivity index (χ1n) is 6.52. The highest BCUT2D eigenvalue weighted by Gasteiger charge is 2.15. The van der Waals surface area contributed by atoms with Crippen LogP contribution < -0.4 is 4.72 Å². The third-order valence-corrected chi connectivity index (χ3v) is 5.12. The summed E-state index contributed by atoms with van der Waals surface area (Å²) in [6.45, 7) is 3.04. The third-order valence-electron chi connectivity index (χ3n) is 2.67. The molecule has 2 aromatic rings. The Labute approximate surface area is 128 Å². The van der Waals surface area contributed by atoms with Gasteiger partial charge in [-0.3, -0.25) is 4.68 Å². The van der Waals surface area contributed by atoms with Crippen LogP contribution in [0, 0.1) is 0 Å². The molecule has 0 aromatic carbocycles. The first-order valence-corrected chi connectivity index (χ1v) is 8.98. The molecule has 1 N–H and O–H groups in total. The van der Waals surface area contributed by atoms with Crippen molar-refractivity contribution in [2.24, 2.45) is 7.05 Å². The van der Waals surface area contributed by atoms with Gasteiger partial charge in [-0.2, -0.15) is 5.10 Å². The Balaban J connectivity index is 1.84. The summed E-state index contributed by atoms with van der Waals surface area (Å²) in [6.07, 6.45) is 5.42. The molecule has 21 heavy (non-hydrogen) atoms. The van der Waals surface area contributed by atoms with Crippen molar-refractivity contribution >= 4 is 21.8 Å². The van der Waals surface area contributed by atoms with E-state index in [4.69, 9.17) is 0 Å². The summed E-state index contributed by atoms with van der Waals surface area (Å²) >= 11 is 1.44. The summed E-state index contributed by atoms with van der Waals surface area (Å²) in [5, 5.41) is 12.5. The highest BCUT2D eigenvalue weighted by Crippen LogP contribution is 2.13. The maximum atomic E-state index is 12.1. The highest BCUT2D eigenvalue weighted by atomic mass is 32.2. The zero-order valence-electron chi connectivity index (χ0n) is 11.9. The lowest BCUT2D eigenvalue weighted by molar-refractivity contribution is 0.582. The number of nitrogens with zero attached hydrogens (tertiary/aromatic N) is 5. The summed E-state index contributed by atoms with van der Waals surface area (Å²) in [5.74, 6) is 0.578. The number of nitrogens with one attached hydrogen (secondary N) is 1. The van der Waals surface area contributed by atoms with Gasteiger partial charge in [-0.15, -0.1) is 10.2 Å². The molecule has 2 heterocycles. The lowest BCUT2D eigenvalue weighted by Gasteiger charge is -2.04. The average molecular weight is 330 g/mol. The molecule has 0 fully saturated rings. The Morgan fingerprint density at radius 2 is 2.24 bits per heavy atom. The van der Waals surface area contributed by atoms with Crippen molar-refractivity contribution in [2.45, 2.75) is 29.9 Å². The molecule has 2 rings (SSSR count). The van der Waals surface area contributed by atoms with Crippen LogP contribution in [0.2, 0.25) is 0 Å². The number of hydrogen-bond donors (Lipinski definition) is 1. The van der Waals surface area contributed by atoms with Crippen molar-refractivity contribution in [3.05, 3.63) is 18.7 Å². The molecule has 2 aromatic heterocycles. The summed E-state index contributed by atoms with van der Waals surface area (Å²) in [6, 6.07) is 0. The third kappa shape index (κ3) is 4.29. The van der Waals surface area contributed by atoms with E-state index in [1.807, 2.05) is 14.0 Å². The van der Waals surface area contributed by atoms with Gasteiger partial charge in [0.2, 0.25) is 10.0 Å². The quantitative estimate of drug-likeness (QED) is 0.559. The molecule has 0 bridgehead atoms. The van der Waals surface area contributed by atoms with Gasteiger partial charge >= 0.3 is 0 Å². The van der Waals surface area contributed by atoms with E-state index in [0.29, 0.717) is 18.8 Å². The molecule has 0 aliphatic carbocycles. The fraction of sp³-hybridized carbons (Fsp3) is 0.545. The van der Waals surface area contributed by atoms with Crippen LogP contribution in [0.15, 0.2) is 28.8 Å². The Hall–Kier alpha value is -1.39. The van der Waals surface area contributed by atoms with Gasteiger partial charge < -0.3 is 4.57 Å². The van der Waals surface area contributed by atoms with Crippen LogP contribution in [0.4, 0.5) is 0 Å². The SMILES string of the molecule is CCCn1cc(S(=O)(=O)NCCSc2nncn2C)cn1. The van der Waals surface area contributed by atoms with Crippen molar-refractivity contribution < 1.29 is 8.42 Å². The van der Waals surface area contributed by atoms with Crippen LogP contribution in [0.5, 0.6) is 0 Å². The van der Waals surface area contributed by atoms with Crippen molar-refractivity contribution in [1.29, 1.82) is 0 Å². The summed E-state index contributed by atoms with van der Waals surface area (Å²) in [4.78, 5) is 0.194. The van der Waals surface area contributed by atoms with Gasteiger partial charge in [-0.25, -0.2) is 13.1 Å². The van der Waals surface area contributed by atoms with Crippen LogP contribution in [-0.2, 0) is 23.6 Å². The highest BCUT2D eigenvalue weighted by molar-refractivity contribution is 7.99. The molecule has 0 aliphatic rings. The normalized spacial score (nSPS) is 11.9. The molecule has 0 saturated heterocycles. The van der Waals surface area contributed by atoms with Crippen LogP contribution in [0.25, 0.3) is 0 Å². The number of aryl methyl sites for hydroxylation is 2. The first kappa shape index (κ1) is 16.0. The second kappa shape index (κ2) is 7.05. The van der Waals surface area contributed by atoms with E-state index in [9.17, 15) is 8.42 Å². The molecule has 0 unspecified atom stereocenters. The molecular formula is C11H18N6O2S2. The maximum Gasteiger partial charge on any atom is 0.243 e. The molecule has 0 radical (unpaired) electrons. The van der Waals surface area contributed by atoms with E-state index in [-0.39, 0.29) is 4.90 Å². The zero-order chi connectivity index (χ0) is 15.3. The van der Waals surface area contributed by atoms with Crippen LogP contribution in [0.1, 0.15) is 13.3 Å². The topological polar surface area (TPSA) is 94.7 Å². The first-order chi connectivity index (χ1) is 10.0. The van der Waals surface area contributed by atoms with Gasteiger partial charge in [0.1, 0.15) is 11.2 Å². The van der Waals surface area contributed by atoms with E-state index in [1.165, 1.54) is 18.0 Å². The number of hydrogen-bond acceptors (Lipinski definition) is 6. The fourth-order valence-electron chi connectivity index (χ4n) is 1.64. The van der Waals surface area contributed by atoms with Gasteiger partial charge in [-0.05, 0) is 6.42 Å². The molecule has 0 saturated carbocycles. The average Bonchev–Trinajstić information content (AvgIpc) is 3.05. The molecule has 10 heteroatoms. The standard InChI is InChI=1S/C11H18N6O2S2/c1-3-5-17-8-10(7-13-17)21(18,19)14-4-6-20-11-15-12-9-16(11)2/h7-9,14H,3-6H2,1-2H3. The van der Waals surface area contributed by atoms with E-state index >= 15 is 0 Å². The van der Waals surface area contributed by atoms with Gasteiger partial charge in [0, 0.05) is 32.1 Å². The van der Waals surface area contributed by atoms with Crippen LogP contribution in [-0.4, -0.2) is 45.3 Å². The number of sulfonamides is 1. The van der Waals surface area contributed by atoms with Gasteiger partial charge in [-0.1, -0.05) is 18.7 Å².